The molecule has 0 radical (unpaired) electrons. The molecule has 1 aliphatic heterocycles. The summed E-state index contributed by atoms with van der Waals surface area (Å²) in [6.07, 6.45) is 1.28. The number of rotatable bonds is 5. The van der Waals surface area contributed by atoms with Crippen molar-refractivity contribution in [2.24, 2.45) is 5.92 Å². The molecule has 0 aromatic heterocycles. The quantitative estimate of drug-likeness (QED) is 0.768. The Balaban J connectivity index is 1.75. The Morgan fingerprint density at radius 1 is 1.17 bits per heavy atom. The Labute approximate surface area is 176 Å². The maximum Gasteiger partial charge on any atom is 0.243 e. The van der Waals surface area contributed by atoms with Crippen LogP contribution in [0.25, 0.3) is 0 Å². The second kappa shape index (κ2) is 8.73. The molecule has 3 rings (SSSR count). The van der Waals surface area contributed by atoms with E-state index in [-0.39, 0.29) is 17.3 Å². The highest BCUT2D eigenvalue weighted by atomic mass is 35.5. The number of methoxy groups -OCH3 is 1. The fourth-order valence-corrected chi connectivity index (χ4v) is 5.37. The number of hydrogen-bond acceptors (Lipinski definition) is 4. The van der Waals surface area contributed by atoms with Gasteiger partial charge in [-0.2, -0.15) is 4.31 Å². The molecule has 1 saturated heterocycles. The highest BCUT2D eigenvalue weighted by Gasteiger charge is 2.33. The molecule has 0 aliphatic carbocycles. The number of halogens is 1. The predicted octanol–water partition coefficient (Wildman–Crippen LogP) is 4.00. The number of amides is 1. The van der Waals surface area contributed by atoms with E-state index >= 15 is 0 Å². The number of benzene rings is 2. The van der Waals surface area contributed by atoms with E-state index in [2.05, 4.69) is 5.32 Å². The first-order valence-electron chi connectivity index (χ1n) is 9.44. The van der Waals surface area contributed by atoms with Gasteiger partial charge in [0.05, 0.1) is 17.9 Å². The summed E-state index contributed by atoms with van der Waals surface area (Å²) in [5.74, 6) is 0.0485. The monoisotopic (exact) mass is 436 g/mol. The lowest BCUT2D eigenvalue weighted by Gasteiger charge is -2.31. The highest BCUT2D eigenvalue weighted by molar-refractivity contribution is 7.89. The molecule has 1 amide bonds. The van der Waals surface area contributed by atoms with Gasteiger partial charge in [0.1, 0.15) is 5.75 Å². The lowest BCUT2D eigenvalue weighted by Crippen LogP contribution is -2.43. The fraction of sp³-hybridized carbons (Fsp3) is 0.381. The van der Waals surface area contributed by atoms with Gasteiger partial charge < -0.3 is 10.1 Å². The van der Waals surface area contributed by atoms with Crippen LogP contribution in [0.5, 0.6) is 5.75 Å². The Morgan fingerprint density at radius 2 is 1.93 bits per heavy atom. The van der Waals surface area contributed by atoms with Crippen LogP contribution in [-0.2, 0) is 14.8 Å². The van der Waals surface area contributed by atoms with Crippen LogP contribution in [0.3, 0.4) is 0 Å². The summed E-state index contributed by atoms with van der Waals surface area (Å²) >= 11 is 5.97. The summed E-state index contributed by atoms with van der Waals surface area (Å²) < 4.78 is 32.8. The van der Waals surface area contributed by atoms with E-state index < -0.39 is 15.9 Å². The molecule has 0 saturated carbocycles. The molecular formula is C21H25ClN2O4S. The van der Waals surface area contributed by atoms with Crippen LogP contribution >= 0.6 is 11.6 Å². The number of carbonyl (C=O) groups is 1. The average molecular weight is 437 g/mol. The highest BCUT2D eigenvalue weighted by Crippen LogP contribution is 2.28. The minimum absolute atomic E-state index is 0.159. The zero-order valence-corrected chi connectivity index (χ0v) is 18.3. The molecule has 29 heavy (non-hydrogen) atoms. The van der Waals surface area contributed by atoms with Crippen molar-refractivity contribution in [3.63, 3.8) is 0 Å². The maximum atomic E-state index is 13.1. The molecule has 1 heterocycles. The van der Waals surface area contributed by atoms with Gasteiger partial charge in [-0.05, 0) is 74.2 Å². The number of nitrogens with one attached hydrogen (secondary N) is 1. The van der Waals surface area contributed by atoms with Gasteiger partial charge in [0, 0.05) is 23.8 Å². The molecule has 1 atom stereocenters. The summed E-state index contributed by atoms with van der Waals surface area (Å²) in [5.41, 5.74) is 2.29. The molecule has 1 aliphatic rings. The summed E-state index contributed by atoms with van der Waals surface area (Å²) in [5, 5.41) is 3.51. The van der Waals surface area contributed by atoms with Crippen LogP contribution in [0.1, 0.15) is 24.0 Å². The standard InChI is InChI=1S/C21H25ClN2O4S/c1-14-11-17(22)6-8-19(14)23-21(25)16-5-4-10-24(13-16)29(26,27)18-7-9-20(28-3)15(2)12-18/h6-9,11-12,16H,4-5,10,13H2,1-3H3,(H,23,25). The lowest BCUT2D eigenvalue weighted by molar-refractivity contribution is -0.120. The van der Waals surface area contributed by atoms with Crippen molar-refractivity contribution < 1.29 is 17.9 Å². The molecule has 8 heteroatoms. The van der Waals surface area contributed by atoms with E-state index in [1.807, 2.05) is 6.92 Å². The van der Waals surface area contributed by atoms with Gasteiger partial charge in [-0.15, -0.1) is 0 Å². The minimum Gasteiger partial charge on any atom is -0.496 e. The van der Waals surface area contributed by atoms with Gasteiger partial charge in [-0.1, -0.05) is 11.6 Å². The van der Waals surface area contributed by atoms with Crippen molar-refractivity contribution in [1.29, 1.82) is 0 Å². The molecule has 1 N–H and O–H groups in total. The number of ether oxygens (including phenoxy) is 1. The van der Waals surface area contributed by atoms with Crippen molar-refractivity contribution in [3.05, 3.63) is 52.5 Å². The number of anilines is 1. The second-order valence-electron chi connectivity index (χ2n) is 7.28. The molecule has 6 nitrogen and oxygen atoms in total. The SMILES string of the molecule is COc1ccc(S(=O)(=O)N2CCCC(C(=O)Nc3ccc(Cl)cc3C)C2)cc1C. The Bertz CT molecular complexity index is 1020. The van der Waals surface area contributed by atoms with Gasteiger partial charge in [-0.25, -0.2) is 8.42 Å². The summed E-state index contributed by atoms with van der Waals surface area (Å²) in [4.78, 5) is 13.0. The molecular weight excluding hydrogens is 412 g/mol. The van der Waals surface area contributed by atoms with Gasteiger partial charge >= 0.3 is 0 Å². The average Bonchev–Trinajstić information content (AvgIpc) is 2.70. The number of nitrogens with zero attached hydrogens (tertiary/aromatic N) is 1. The van der Waals surface area contributed by atoms with E-state index in [1.54, 1.807) is 50.4 Å². The van der Waals surface area contributed by atoms with Crippen LogP contribution in [0.2, 0.25) is 5.02 Å². The topological polar surface area (TPSA) is 75.7 Å². The van der Waals surface area contributed by atoms with Gasteiger partial charge in [-0.3, -0.25) is 4.79 Å². The maximum absolute atomic E-state index is 13.1. The van der Waals surface area contributed by atoms with Crippen LogP contribution < -0.4 is 10.1 Å². The number of sulfonamides is 1. The smallest absolute Gasteiger partial charge is 0.243 e. The van der Waals surface area contributed by atoms with Crippen LogP contribution in [0.4, 0.5) is 5.69 Å². The first-order valence-corrected chi connectivity index (χ1v) is 11.3. The fourth-order valence-electron chi connectivity index (χ4n) is 3.54. The van der Waals surface area contributed by atoms with E-state index in [1.165, 1.54) is 4.31 Å². The van der Waals surface area contributed by atoms with Crippen molar-refractivity contribution in [2.45, 2.75) is 31.6 Å². The molecule has 2 aromatic carbocycles. The van der Waals surface area contributed by atoms with Crippen molar-refractivity contribution in [2.75, 3.05) is 25.5 Å². The van der Waals surface area contributed by atoms with Crippen LogP contribution in [0.15, 0.2) is 41.3 Å². The molecule has 156 valence electrons. The third-order valence-corrected chi connectivity index (χ3v) is 7.30. The first-order chi connectivity index (χ1) is 13.7. The normalized spacial score (nSPS) is 17.7. The summed E-state index contributed by atoms with van der Waals surface area (Å²) in [6.45, 7) is 4.23. The molecule has 1 unspecified atom stereocenters. The number of carbonyl (C=O) groups excluding carboxylic acids is 1. The predicted molar refractivity (Wildman–Crippen MR) is 114 cm³/mol. The second-order valence-corrected chi connectivity index (χ2v) is 9.66. The van der Waals surface area contributed by atoms with E-state index in [9.17, 15) is 13.2 Å². The largest absolute Gasteiger partial charge is 0.496 e. The van der Waals surface area contributed by atoms with Crippen molar-refractivity contribution in [3.8, 4) is 5.75 Å². The Morgan fingerprint density at radius 3 is 2.59 bits per heavy atom. The number of hydrogen-bond donors (Lipinski definition) is 1. The minimum atomic E-state index is -3.68. The van der Waals surface area contributed by atoms with Gasteiger partial charge in [0.2, 0.25) is 15.9 Å². The third kappa shape index (κ3) is 4.74. The van der Waals surface area contributed by atoms with Gasteiger partial charge in [0.15, 0.2) is 0 Å². The molecule has 0 spiro atoms. The summed E-state index contributed by atoms with van der Waals surface area (Å²) in [6, 6.07) is 10.1. The zero-order chi connectivity index (χ0) is 21.2. The van der Waals surface area contributed by atoms with E-state index in [4.69, 9.17) is 16.3 Å². The zero-order valence-electron chi connectivity index (χ0n) is 16.7. The van der Waals surface area contributed by atoms with Crippen LogP contribution in [0, 0.1) is 19.8 Å². The number of aryl methyl sites for hydroxylation is 2. The third-order valence-electron chi connectivity index (χ3n) is 5.21. The molecule has 0 bridgehead atoms. The summed E-state index contributed by atoms with van der Waals surface area (Å²) in [7, 11) is -2.13. The number of piperidine rings is 1. The molecule has 2 aromatic rings. The van der Waals surface area contributed by atoms with E-state index in [0.717, 1.165) is 11.1 Å². The van der Waals surface area contributed by atoms with Crippen LogP contribution in [-0.4, -0.2) is 38.8 Å². The Hall–Kier alpha value is -2.09. The van der Waals surface area contributed by atoms with Crippen molar-refractivity contribution >= 4 is 33.2 Å². The molecule has 1 fully saturated rings. The first kappa shape index (κ1) is 21.6. The van der Waals surface area contributed by atoms with E-state index in [0.29, 0.717) is 35.8 Å². The van der Waals surface area contributed by atoms with Gasteiger partial charge in [0.25, 0.3) is 0 Å². The lowest BCUT2D eigenvalue weighted by atomic mass is 9.98. The Kier molecular flexibility index (Phi) is 6.51. The van der Waals surface area contributed by atoms with Crippen molar-refractivity contribution in [1.82, 2.24) is 4.31 Å².